The Bertz CT molecular complexity index is 573. The van der Waals surface area contributed by atoms with E-state index in [1.165, 1.54) is 5.01 Å². The van der Waals surface area contributed by atoms with Crippen molar-refractivity contribution in [2.24, 2.45) is 11.8 Å². The summed E-state index contributed by atoms with van der Waals surface area (Å²) < 4.78 is 42.6. The molecule has 0 aliphatic carbocycles. The molecule has 0 spiro atoms. The van der Waals surface area contributed by atoms with Gasteiger partial charge in [0.25, 0.3) is 0 Å². The first-order chi connectivity index (χ1) is 13.5. The Kier molecular flexibility index (Phi) is 11.4. The third kappa shape index (κ3) is 14.2. The molecule has 0 fully saturated rings. The standard InChI is InChI=1S/C20H36F3N3O4/c1-13(2)10-15(8-9-16(27)20(21,22)23)24-17(28)12-26(11-14(3)4)25-18(29)30-19(5,6)7/h13-15H,8-12H2,1-7H3,(H,24,28)(H,25,29). The van der Waals surface area contributed by atoms with Crippen molar-refractivity contribution < 1.29 is 32.3 Å². The highest BCUT2D eigenvalue weighted by molar-refractivity contribution is 5.84. The average molecular weight is 440 g/mol. The fourth-order valence-electron chi connectivity index (χ4n) is 2.73. The third-order valence-corrected chi connectivity index (χ3v) is 3.73. The number of hydrogen-bond acceptors (Lipinski definition) is 5. The number of Topliss-reactive ketones (excluding diaryl/α,β-unsaturated/α-hetero) is 1. The maximum atomic E-state index is 12.5. The number of amides is 2. The summed E-state index contributed by atoms with van der Waals surface area (Å²) in [6, 6.07) is -0.578. The van der Waals surface area contributed by atoms with E-state index in [-0.39, 0.29) is 24.8 Å². The first-order valence-corrected chi connectivity index (χ1v) is 10.1. The molecule has 0 aromatic rings. The van der Waals surface area contributed by atoms with Gasteiger partial charge in [0.1, 0.15) is 5.60 Å². The fraction of sp³-hybridized carbons (Fsp3) is 0.850. The number of hydrogen-bond donors (Lipinski definition) is 2. The first-order valence-electron chi connectivity index (χ1n) is 10.1. The molecule has 0 saturated carbocycles. The quantitative estimate of drug-likeness (QED) is 0.478. The Balaban J connectivity index is 4.97. The molecule has 0 rings (SSSR count). The number of carbonyl (C=O) groups excluding carboxylic acids is 3. The number of ketones is 1. The molecule has 0 aromatic heterocycles. The summed E-state index contributed by atoms with van der Waals surface area (Å²) in [5, 5.41) is 4.09. The number of hydrazine groups is 1. The van der Waals surface area contributed by atoms with Crippen LogP contribution in [0.2, 0.25) is 0 Å². The van der Waals surface area contributed by atoms with Gasteiger partial charge in [-0.3, -0.25) is 15.0 Å². The fourth-order valence-corrected chi connectivity index (χ4v) is 2.73. The molecule has 0 aliphatic heterocycles. The minimum absolute atomic E-state index is 0.105. The normalized spacial score (nSPS) is 13.5. The van der Waals surface area contributed by atoms with Crippen molar-refractivity contribution in [3.63, 3.8) is 0 Å². The largest absolute Gasteiger partial charge is 0.449 e. The van der Waals surface area contributed by atoms with Crippen LogP contribution in [-0.2, 0) is 14.3 Å². The first kappa shape index (κ1) is 28.2. The summed E-state index contributed by atoms with van der Waals surface area (Å²) in [6.45, 7) is 12.9. The van der Waals surface area contributed by atoms with Gasteiger partial charge in [-0.15, -0.1) is 0 Å². The second-order valence-corrected chi connectivity index (χ2v) is 9.24. The maximum Gasteiger partial charge on any atom is 0.449 e. The van der Waals surface area contributed by atoms with Crippen LogP contribution in [0.3, 0.4) is 0 Å². The topological polar surface area (TPSA) is 87.7 Å². The molecule has 0 aliphatic rings. The lowest BCUT2D eigenvalue weighted by Crippen LogP contribution is -2.51. The molecule has 0 aromatic carbocycles. The number of nitrogens with one attached hydrogen (secondary N) is 2. The smallest absolute Gasteiger partial charge is 0.443 e. The second-order valence-electron chi connectivity index (χ2n) is 9.24. The van der Waals surface area contributed by atoms with Crippen LogP contribution in [0, 0.1) is 11.8 Å². The van der Waals surface area contributed by atoms with Gasteiger partial charge in [0.2, 0.25) is 11.7 Å². The van der Waals surface area contributed by atoms with Gasteiger partial charge in [-0.05, 0) is 45.4 Å². The van der Waals surface area contributed by atoms with E-state index in [0.29, 0.717) is 13.0 Å². The molecule has 0 heterocycles. The lowest BCUT2D eigenvalue weighted by Gasteiger charge is -2.28. The van der Waals surface area contributed by atoms with Crippen LogP contribution in [0.5, 0.6) is 0 Å². The van der Waals surface area contributed by atoms with Gasteiger partial charge >= 0.3 is 12.3 Å². The van der Waals surface area contributed by atoms with Gasteiger partial charge in [0.05, 0.1) is 6.54 Å². The zero-order chi connectivity index (χ0) is 23.7. The van der Waals surface area contributed by atoms with Gasteiger partial charge < -0.3 is 10.1 Å². The molecule has 0 saturated heterocycles. The molecule has 7 nitrogen and oxygen atoms in total. The SMILES string of the molecule is CC(C)CC(CCC(=O)C(F)(F)F)NC(=O)CN(CC(C)C)NC(=O)OC(C)(C)C. The van der Waals surface area contributed by atoms with E-state index in [0.717, 1.165) is 0 Å². The molecule has 0 bridgehead atoms. The van der Waals surface area contributed by atoms with E-state index >= 15 is 0 Å². The Morgan fingerprint density at radius 2 is 1.57 bits per heavy atom. The molecule has 2 N–H and O–H groups in total. The van der Waals surface area contributed by atoms with E-state index in [2.05, 4.69) is 10.7 Å². The summed E-state index contributed by atoms with van der Waals surface area (Å²) in [5.74, 6) is -2.03. The van der Waals surface area contributed by atoms with Crippen LogP contribution in [-0.4, -0.2) is 53.7 Å². The predicted molar refractivity (Wildman–Crippen MR) is 107 cm³/mol. The van der Waals surface area contributed by atoms with Crippen LogP contribution in [0.15, 0.2) is 0 Å². The monoisotopic (exact) mass is 439 g/mol. The zero-order valence-corrected chi connectivity index (χ0v) is 19.0. The van der Waals surface area contributed by atoms with Crippen LogP contribution < -0.4 is 10.7 Å². The lowest BCUT2D eigenvalue weighted by atomic mass is 9.98. The number of ether oxygens (including phenoxy) is 1. The third-order valence-electron chi connectivity index (χ3n) is 3.73. The summed E-state index contributed by atoms with van der Waals surface area (Å²) in [4.78, 5) is 35.7. The minimum atomic E-state index is -4.88. The zero-order valence-electron chi connectivity index (χ0n) is 19.0. The highest BCUT2D eigenvalue weighted by Gasteiger charge is 2.37. The predicted octanol–water partition coefficient (Wildman–Crippen LogP) is 3.83. The molecular weight excluding hydrogens is 403 g/mol. The Hall–Kier alpha value is -1.84. The minimum Gasteiger partial charge on any atom is -0.443 e. The van der Waals surface area contributed by atoms with E-state index in [1.54, 1.807) is 20.8 Å². The Morgan fingerprint density at radius 3 is 2.00 bits per heavy atom. The van der Waals surface area contributed by atoms with E-state index in [9.17, 15) is 27.6 Å². The van der Waals surface area contributed by atoms with Gasteiger partial charge in [-0.1, -0.05) is 27.7 Å². The highest BCUT2D eigenvalue weighted by Crippen LogP contribution is 2.20. The highest BCUT2D eigenvalue weighted by atomic mass is 19.4. The molecule has 1 unspecified atom stereocenters. The average Bonchev–Trinajstić information content (AvgIpc) is 2.47. The summed E-state index contributed by atoms with van der Waals surface area (Å²) in [6.07, 6.45) is -5.94. The molecule has 0 radical (unpaired) electrons. The summed E-state index contributed by atoms with van der Waals surface area (Å²) in [5.41, 5.74) is 1.82. The van der Waals surface area contributed by atoms with E-state index in [4.69, 9.17) is 4.74 Å². The number of alkyl halides is 3. The van der Waals surface area contributed by atoms with Crippen molar-refractivity contribution >= 4 is 17.8 Å². The van der Waals surface area contributed by atoms with Crippen LogP contribution >= 0.6 is 0 Å². The van der Waals surface area contributed by atoms with Crippen molar-refractivity contribution in [2.45, 2.75) is 85.5 Å². The number of rotatable bonds is 11. The summed E-state index contributed by atoms with van der Waals surface area (Å²) in [7, 11) is 0. The number of nitrogens with zero attached hydrogens (tertiary/aromatic N) is 1. The summed E-state index contributed by atoms with van der Waals surface area (Å²) >= 11 is 0. The molecule has 2 amide bonds. The van der Waals surface area contributed by atoms with Crippen LogP contribution in [0.1, 0.15) is 67.7 Å². The number of halogens is 3. The molecule has 176 valence electrons. The molecule has 1 atom stereocenters. The van der Waals surface area contributed by atoms with Crippen molar-refractivity contribution in [2.75, 3.05) is 13.1 Å². The van der Waals surface area contributed by atoms with Crippen molar-refractivity contribution in [3.8, 4) is 0 Å². The molecular formula is C20H36F3N3O4. The van der Waals surface area contributed by atoms with Gasteiger partial charge in [0, 0.05) is 19.0 Å². The van der Waals surface area contributed by atoms with E-state index < -0.39 is 42.0 Å². The molecule has 10 heteroatoms. The van der Waals surface area contributed by atoms with Gasteiger partial charge in [-0.2, -0.15) is 13.2 Å². The Morgan fingerprint density at radius 1 is 1.00 bits per heavy atom. The van der Waals surface area contributed by atoms with Crippen molar-refractivity contribution in [1.82, 2.24) is 15.8 Å². The van der Waals surface area contributed by atoms with Crippen LogP contribution in [0.4, 0.5) is 18.0 Å². The van der Waals surface area contributed by atoms with E-state index in [1.807, 2.05) is 27.7 Å². The second kappa shape index (κ2) is 12.1. The van der Waals surface area contributed by atoms with Crippen molar-refractivity contribution in [3.05, 3.63) is 0 Å². The van der Waals surface area contributed by atoms with Crippen LogP contribution in [0.25, 0.3) is 0 Å². The maximum absolute atomic E-state index is 12.5. The lowest BCUT2D eigenvalue weighted by molar-refractivity contribution is -0.171. The Labute approximate surface area is 177 Å². The van der Waals surface area contributed by atoms with Gasteiger partial charge in [0.15, 0.2) is 0 Å². The molecule has 30 heavy (non-hydrogen) atoms. The van der Waals surface area contributed by atoms with Gasteiger partial charge in [-0.25, -0.2) is 9.80 Å². The van der Waals surface area contributed by atoms with Crippen molar-refractivity contribution in [1.29, 1.82) is 0 Å². The number of carbonyl (C=O) groups is 3.